The molecule has 1 aliphatic rings. The molecule has 1 aliphatic heterocycles. The predicted molar refractivity (Wildman–Crippen MR) is 63.4 cm³/mol. The lowest BCUT2D eigenvalue weighted by molar-refractivity contribution is -0.156. The average Bonchev–Trinajstić information content (AvgIpc) is 2.69. The third-order valence-electron chi connectivity index (χ3n) is 2.94. The van der Waals surface area contributed by atoms with E-state index in [1.54, 1.807) is 13.8 Å². The highest BCUT2D eigenvalue weighted by Crippen LogP contribution is 2.18. The highest BCUT2D eigenvalue weighted by Gasteiger charge is 2.43. The van der Waals surface area contributed by atoms with Gasteiger partial charge in [-0.15, -0.1) is 5.10 Å². The second kappa shape index (κ2) is 4.34. The molecule has 1 fully saturated rings. The fourth-order valence-corrected chi connectivity index (χ4v) is 1.79. The molecular weight excluding hydrogens is 252 g/mol. The number of aromatic nitrogens is 3. The fraction of sp³-hybridized carbons (Fsp3) is 0.500. The van der Waals surface area contributed by atoms with Crippen molar-refractivity contribution in [2.75, 3.05) is 12.3 Å². The van der Waals surface area contributed by atoms with E-state index in [2.05, 4.69) is 15.4 Å². The van der Waals surface area contributed by atoms with Crippen LogP contribution < -0.4 is 11.1 Å². The molecule has 0 atom stereocenters. The summed E-state index contributed by atoms with van der Waals surface area (Å²) < 4.78 is 1.25. The minimum absolute atomic E-state index is 0.0551. The van der Waals surface area contributed by atoms with Gasteiger partial charge in [-0.1, -0.05) is 0 Å². The van der Waals surface area contributed by atoms with Gasteiger partial charge in [0.05, 0.1) is 0 Å². The van der Waals surface area contributed by atoms with Gasteiger partial charge in [-0.05, 0) is 13.8 Å². The number of anilines is 1. The normalized spacial score (nSPS) is 18.3. The van der Waals surface area contributed by atoms with Crippen LogP contribution in [0, 0.1) is 0 Å². The van der Waals surface area contributed by atoms with E-state index in [-0.39, 0.29) is 19.0 Å². The first-order chi connectivity index (χ1) is 8.80. The van der Waals surface area contributed by atoms with Crippen LogP contribution in [0.3, 0.4) is 0 Å². The van der Waals surface area contributed by atoms with E-state index in [1.807, 2.05) is 0 Å². The maximum atomic E-state index is 12.1. The standard InChI is InChI=1S/C10H14N6O3/c1-10(2)8(19)13-6(17)3-16(10)7(18)4-15-5-12-9(11)14-15/h5H,3-4H2,1-2H3,(H2,11,14)(H,13,17,19). The number of hydrogen-bond acceptors (Lipinski definition) is 6. The van der Waals surface area contributed by atoms with E-state index in [4.69, 9.17) is 5.73 Å². The molecule has 2 rings (SSSR count). The van der Waals surface area contributed by atoms with Gasteiger partial charge in [0.25, 0.3) is 5.91 Å². The topological polar surface area (TPSA) is 123 Å². The van der Waals surface area contributed by atoms with Crippen molar-refractivity contribution in [2.24, 2.45) is 0 Å². The zero-order valence-corrected chi connectivity index (χ0v) is 10.6. The summed E-state index contributed by atoms with van der Waals surface area (Å²) in [5, 5.41) is 5.98. The highest BCUT2D eigenvalue weighted by atomic mass is 16.2. The smallest absolute Gasteiger partial charge is 0.252 e. The summed E-state index contributed by atoms with van der Waals surface area (Å²) in [6.07, 6.45) is 1.31. The molecule has 0 aromatic carbocycles. The van der Waals surface area contributed by atoms with Gasteiger partial charge in [0.15, 0.2) is 0 Å². The maximum absolute atomic E-state index is 12.1. The predicted octanol–water partition coefficient (Wildman–Crippen LogP) is -1.88. The minimum atomic E-state index is -1.09. The summed E-state index contributed by atoms with van der Waals surface area (Å²) in [6.45, 7) is 2.85. The fourth-order valence-electron chi connectivity index (χ4n) is 1.79. The number of carbonyl (C=O) groups excluding carboxylic acids is 3. The van der Waals surface area contributed by atoms with E-state index >= 15 is 0 Å². The van der Waals surface area contributed by atoms with Crippen LogP contribution in [0.25, 0.3) is 0 Å². The van der Waals surface area contributed by atoms with Crippen LogP contribution in [-0.4, -0.2) is 49.5 Å². The lowest BCUT2D eigenvalue weighted by Crippen LogP contribution is -2.65. The van der Waals surface area contributed by atoms with Crippen LogP contribution in [0.15, 0.2) is 6.33 Å². The van der Waals surface area contributed by atoms with Gasteiger partial charge < -0.3 is 10.6 Å². The number of hydrogen-bond donors (Lipinski definition) is 2. The largest absolute Gasteiger partial charge is 0.367 e. The third kappa shape index (κ3) is 2.39. The SMILES string of the molecule is CC1(C)C(=O)NC(=O)CN1C(=O)Cn1cnc(N)n1. The Labute approximate surface area is 108 Å². The van der Waals surface area contributed by atoms with Crippen molar-refractivity contribution in [1.29, 1.82) is 0 Å². The number of piperazine rings is 1. The first-order valence-corrected chi connectivity index (χ1v) is 5.60. The highest BCUT2D eigenvalue weighted by molar-refractivity contribution is 6.06. The van der Waals surface area contributed by atoms with Crippen molar-refractivity contribution in [2.45, 2.75) is 25.9 Å². The van der Waals surface area contributed by atoms with Crippen molar-refractivity contribution < 1.29 is 14.4 Å². The van der Waals surface area contributed by atoms with Gasteiger partial charge in [-0.2, -0.15) is 0 Å². The van der Waals surface area contributed by atoms with Crippen molar-refractivity contribution in [1.82, 2.24) is 25.0 Å². The van der Waals surface area contributed by atoms with Gasteiger partial charge in [0.1, 0.15) is 25.0 Å². The van der Waals surface area contributed by atoms with E-state index in [0.29, 0.717) is 0 Å². The Balaban J connectivity index is 2.17. The maximum Gasteiger partial charge on any atom is 0.252 e. The summed E-state index contributed by atoms with van der Waals surface area (Å²) in [4.78, 5) is 40.1. The molecule has 0 spiro atoms. The Morgan fingerprint density at radius 2 is 2.21 bits per heavy atom. The van der Waals surface area contributed by atoms with E-state index in [1.165, 1.54) is 15.9 Å². The first-order valence-electron chi connectivity index (χ1n) is 5.60. The molecule has 9 nitrogen and oxygen atoms in total. The summed E-state index contributed by atoms with van der Waals surface area (Å²) in [5.41, 5.74) is 4.26. The van der Waals surface area contributed by atoms with Crippen molar-refractivity contribution in [3.63, 3.8) is 0 Å². The molecule has 0 saturated carbocycles. The summed E-state index contributed by atoms with van der Waals surface area (Å²) >= 11 is 0. The lowest BCUT2D eigenvalue weighted by Gasteiger charge is -2.40. The van der Waals surface area contributed by atoms with Crippen LogP contribution in [0.4, 0.5) is 5.95 Å². The third-order valence-corrected chi connectivity index (χ3v) is 2.94. The zero-order valence-electron chi connectivity index (χ0n) is 10.6. The molecule has 1 saturated heterocycles. The molecule has 0 bridgehead atoms. The van der Waals surface area contributed by atoms with E-state index in [0.717, 1.165) is 0 Å². The van der Waals surface area contributed by atoms with Crippen LogP contribution in [0.1, 0.15) is 13.8 Å². The Bertz CT molecular complexity index is 549. The van der Waals surface area contributed by atoms with Crippen molar-refractivity contribution >= 4 is 23.7 Å². The van der Waals surface area contributed by atoms with Crippen molar-refractivity contribution in [3.8, 4) is 0 Å². The summed E-state index contributed by atoms with van der Waals surface area (Å²) in [5.74, 6) is -1.36. The Hall–Kier alpha value is -2.45. The zero-order chi connectivity index (χ0) is 14.2. The van der Waals surface area contributed by atoms with Gasteiger partial charge in [0.2, 0.25) is 17.8 Å². The van der Waals surface area contributed by atoms with Gasteiger partial charge >= 0.3 is 0 Å². The Morgan fingerprint density at radius 1 is 1.53 bits per heavy atom. The molecule has 1 aromatic heterocycles. The van der Waals surface area contributed by atoms with Crippen LogP contribution in [-0.2, 0) is 20.9 Å². The molecule has 0 aliphatic carbocycles. The quantitative estimate of drug-likeness (QED) is 0.604. The molecule has 0 unspecified atom stereocenters. The Morgan fingerprint density at radius 3 is 2.79 bits per heavy atom. The number of nitrogens with zero attached hydrogens (tertiary/aromatic N) is 4. The lowest BCUT2D eigenvalue weighted by atomic mass is 9.98. The minimum Gasteiger partial charge on any atom is -0.367 e. The monoisotopic (exact) mass is 266 g/mol. The Kier molecular flexibility index (Phi) is 2.97. The van der Waals surface area contributed by atoms with Crippen LogP contribution in [0.2, 0.25) is 0 Å². The molecule has 19 heavy (non-hydrogen) atoms. The molecular formula is C10H14N6O3. The van der Waals surface area contributed by atoms with Gasteiger partial charge in [0, 0.05) is 0 Å². The molecule has 3 N–H and O–H groups in total. The number of nitrogens with two attached hydrogens (primary N) is 1. The van der Waals surface area contributed by atoms with Crippen LogP contribution in [0.5, 0.6) is 0 Å². The number of imide groups is 1. The average molecular weight is 266 g/mol. The summed E-state index contributed by atoms with van der Waals surface area (Å²) in [7, 11) is 0. The van der Waals surface area contributed by atoms with Crippen molar-refractivity contribution in [3.05, 3.63) is 6.33 Å². The number of nitrogen functional groups attached to an aromatic ring is 1. The second-order valence-electron chi connectivity index (χ2n) is 4.72. The number of rotatable bonds is 2. The first kappa shape index (κ1) is 13.0. The number of carbonyl (C=O) groups is 3. The number of nitrogens with one attached hydrogen (secondary N) is 1. The molecule has 9 heteroatoms. The molecule has 0 radical (unpaired) electrons. The van der Waals surface area contributed by atoms with E-state index in [9.17, 15) is 14.4 Å². The van der Waals surface area contributed by atoms with Gasteiger partial charge in [-0.25, -0.2) is 9.67 Å². The van der Waals surface area contributed by atoms with Crippen LogP contribution >= 0.6 is 0 Å². The second-order valence-corrected chi connectivity index (χ2v) is 4.72. The molecule has 1 aromatic rings. The summed E-state index contributed by atoms with van der Waals surface area (Å²) in [6, 6.07) is 0. The number of amides is 3. The molecule has 102 valence electrons. The van der Waals surface area contributed by atoms with Gasteiger partial charge in [-0.3, -0.25) is 19.7 Å². The molecule has 3 amide bonds. The molecule has 2 heterocycles. The van der Waals surface area contributed by atoms with E-state index < -0.39 is 23.3 Å².